The van der Waals surface area contributed by atoms with Gasteiger partial charge in [0.15, 0.2) is 5.65 Å². The molecule has 0 radical (unpaired) electrons. The van der Waals surface area contributed by atoms with Crippen LogP contribution in [0.4, 0.5) is 24.9 Å². The Morgan fingerprint density at radius 2 is 2.00 bits per heavy atom. The van der Waals surface area contributed by atoms with Gasteiger partial charge in [0.1, 0.15) is 11.6 Å². The lowest BCUT2D eigenvalue weighted by molar-refractivity contribution is -0.139. The van der Waals surface area contributed by atoms with E-state index < -0.39 is 18.7 Å². The van der Waals surface area contributed by atoms with Crippen molar-refractivity contribution in [3.63, 3.8) is 0 Å². The molecule has 12 heteroatoms. The van der Waals surface area contributed by atoms with Crippen molar-refractivity contribution in [3.8, 4) is 11.3 Å². The number of pyridine rings is 1. The average molecular weight is 432 g/mol. The molecule has 0 aliphatic heterocycles. The van der Waals surface area contributed by atoms with Crippen LogP contribution in [0.2, 0.25) is 0 Å². The molecule has 0 saturated carbocycles. The van der Waals surface area contributed by atoms with E-state index in [1.54, 1.807) is 59.0 Å². The zero-order chi connectivity index (χ0) is 22.0. The van der Waals surface area contributed by atoms with Crippen LogP contribution in [0.5, 0.6) is 0 Å². The summed E-state index contributed by atoms with van der Waals surface area (Å²) >= 11 is 0. The molecule has 0 aromatic carbocycles. The number of aromatic nitrogens is 7. The smallest absolute Gasteiger partial charge is 0.389 e. The highest BCUT2D eigenvalue weighted by atomic mass is 19.4. The molecule has 0 spiro atoms. The molecule has 0 unspecified atom stereocenters. The Morgan fingerprint density at radius 3 is 2.74 bits per heavy atom. The second kappa shape index (κ2) is 8.30. The summed E-state index contributed by atoms with van der Waals surface area (Å²) in [5.74, 6) is 1.52. The Labute approximate surface area is 174 Å². The summed E-state index contributed by atoms with van der Waals surface area (Å²) in [6, 6.07) is 7.09. The largest absolute Gasteiger partial charge is 0.393 e. The van der Waals surface area contributed by atoms with Crippen molar-refractivity contribution in [1.29, 1.82) is 0 Å². The number of alkyl halides is 3. The van der Waals surface area contributed by atoms with Gasteiger partial charge in [0.2, 0.25) is 5.95 Å². The van der Waals surface area contributed by atoms with E-state index in [1.807, 2.05) is 0 Å². The summed E-state index contributed by atoms with van der Waals surface area (Å²) in [5, 5.41) is 25.2. The van der Waals surface area contributed by atoms with E-state index in [2.05, 4.69) is 30.6 Å². The number of fused-ring (bicyclic) bond motifs is 1. The Kier molecular flexibility index (Phi) is 5.55. The van der Waals surface area contributed by atoms with Gasteiger partial charge < -0.3 is 10.4 Å². The van der Waals surface area contributed by atoms with Gasteiger partial charge in [-0.15, -0.1) is 10.2 Å². The second-order valence-corrected chi connectivity index (χ2v) is 7.00. The zero-order valence-corrected chi connectivity index (χ0v) is 16.5. The molecule has 4 heterocycles. The Bertz CT molecular complexity index is 1190. The third-order valence-corrected chi connectivity index (χ3v) is 4.67. The molecule has 1 atom stereocenters. The number of nitrogens with zero attached hydrogens (tertiary/aromatic N) is 7. The van der Waals surface area contributed by atoms with Crippen LogP contribution in [0.15, 0.2) is 42.9 Å². The summed E-state index contributed by atoms with van der Waals surface area (Å²) < 4.78 is 40.3. The highest BCUT2D eigenvalue weighted by molar-refractivity contribution is 5.65. The van der Waals surface area contributed by atoms with E-state index in [0.717, 1.165) is 11.4 Å². The standard InChI is InChI=1S/C19H19F3N8O/c1-29-15(4-8-24-29)26-18-23-7-3-14(25-18)12-5-9-30-16(10-12)27-28-17(30)11-13(31)2-6-19(20,21)22/h3-5,7-10,13,31H,2,6,11H2,1H3,(H,23,25,26)/t13-/m1/s1. The summed E-state index contributed by atoms with van der Waals surface area (Å²) in [6.07, 6.45) is -1.93. The van der Waals surface area contributed by atoms with Crippen LogP contribution in [0.3, 0.4) is 0 Å². The molecule has 4 rings (SSSR count). The van der Waals surface area contributed by atoms with Crippen molar-refractivity contribution in [3.05, 3.63) is 48.7 Å². The first-order valence-corrected chi connectivity index (χ1v) is 9.45. The first-order chi connectivity index (χ1) is 14.8. The van der Waals surface area contributed by atoms with Gasteiger partial charge in [-0.1, -0.05) is 0 Å². The van der Waals surface area contributed by atoms with Gasteiger partial charge >= 0.3 is 6.18 Å². The summed E-state index contributed by atoms with van der Waals surface area (Å²) in [5.41, 5.74) is 1.91. The molecular weight excluding hydrogens is 413 g/mol. The molecule has 4 aromatic heterocycles. The lowest BCUT2D eigenvalue weighted by atomic mass is 10.1. The van der Waals surface area contributed by atoms with Gasteiger partial charge in [-0.3, -0.25) is 9.08 Å². The molecule has 0 fully saturated rings. The van der Waals surface area contributed by atoms with E-state index >= 15 is 0 Å². The zero-order valence-electron chi connectivity index (χ0n) is 16.5. The number of halogens is 3. The number of aryl methyl sites for hydroxylation is 1. The van der Waals surface area contributed by atoms with Gasteiger partial charge in [-0.2, -0.15) is 18.3 Å². The summed E-state index contributed by atoms with van der Waals surface area (Å²) in [4.78, 5) is 8.71. The molecule has 0 amide bonds. The van der Waals surface area contributed by atoms with E-state index in [1.165, 1.54) is 0 Å². The van der Waals surface area contributed by atoms with Gasteiger partial charge in [0.05, 0.1) is 18.0 Å². The first-order valence-electron chi connectivity index (χ1n) is 9.45. The van der Waals surface area contributed by atoms with E-state index in [4.69, 9.17) is 0 Å². The maximum atomic E-state index is 12.3. The van der Waals surface area contributed by atoms with Gasteiger partial charge in [-0.25, -0.2) is 9.97 Å². The fourth-order valence-corrected chi connectivity index (χ4v) is 3.07. The SMILES string of the molecule is Cn1nccc1Nc1nccc(-c2ccn3c(C[C@H](O)CCC(F)(F)F)nnc3c2)n1. The van der Waals surface area contributed by atoms with Crippen molar-refractivity contribution in [2.24, 2.45) is 7.05 Å². The number of hydrogen-bond donors (Lipinski definition) is 2. The topological polar surface area (TPSA) is 106 Å². The van der Waals surface area contributed by atoms with Crippen LogP contribution < -0.4 is 5.32 Å². The normalized spacial score (nSPS) is 12.9. The molecule has 0 aliphatic carbocycles. The molecule has 162 valence electrons. The first kappa shape index (κ1) is 20.7. The molecule has 2 N–H and O–H groups in total. The molecule has 0 saturated heterocycles. The molecule has 9 nitrogen and oxygen atoms in total. The third-order valence-electron chi connectivity index (χ3n) is 4.67. The molecule has 0 bridgehead atoms. The Hall–Kier alpha value is -3.54. The van der Waals surface area contributed by atoms with E-state index in [9.17, 15) is 18.3 Å². The van der Waals surface area contributed by atoms with Crippen LogP contribution in [-0.2, 0) is 13.5 Å². The van der Waals surface area contributed by atoms with Crippen molar-refractivity contribution in [2.75, 3.05) is 5.32 Å². The maximum Gasteiger partial charge on any atom is 0.389 e. The Morgan fingerprint density at radius 1 is 1.16 bits per heavy atom. The molecule has 31 heavy (non-hydrogen) atoms. The van der Waals surface area contributed by atoms with Crippen molar-refractivity contribution in [1.82, 2.24) is 34.3 Å². The van der Waals surface area contributed by atoms with Crippen molar-refractivity contribution in [2.45, 2.75) is 31.5 Å². The van der Waals surface area contributed by atoms with Crippen molar-refractivity contribution >= 4 is 17.4 Å². The molecular formula is C19H19F3N8O. The quantitative estimate of drug-likeness (QED) is 0.463. The predicted molar refractivity (Wildman–Crippen MR) is 106 cm³/mol. The van der Waals surface area contributed by atoms with Gasteiger partial charge in [-0.05, 0) is 24.6 Å². The minimum atomic E-state index is -4.30. The number of anilines is 2. The fraction of sp³-hybridized carbons (Fsp3) is 0.316. The number of rotatable bonds is 7. The number of hydrogen-bond acceptors (Lipinski definition) is 7. The lowest BCUT2D eigenvalue weighted by Gasteiger charge is -2.11. The fourth-order valence-electron chi connectivity index (χ4n) is 3.07. The second-order valence-electron chi connectivity index (χ2n) is 7.00. The summed E-state index contributed by atoms with van der Waals surface area (Å²) in [6.45, 7) is 0. The minimum absolute atomic E-state index is 0.0249. The number of nitrogens with one attached hydrogen (secondary N) is 1. The third kappa shape index (κ3) is 4.97. The van der Waals surface area contributed by atoms with Crippen LogP contribution in [-0.4, -0.2) is 51.7 Å². The highest BCUT2D eigenvalue weighted by Gasteiger charge is 2.28. The average Bonchev–Trinajstić information content (AvgIpc) is 3.32. The van der Waals surface area contributed by atoms with Crippen molar-refractivity contribution < 1.29 is 18.3 Å². The minimum Gasteiger partial charge on any atom is -0.393 e. The summed E-state index contributed by atoms with van der Waals surface area (Å²) in [7, 11) is 1.79. The highest BCUT2D eigenvalue weighted by Crippen LogP contribution is 2.24. The maximum absolute atomic E-state index is 12.3. The molecule has 0 aliphatic rings. The van der Waals surface area contributed by atoms with E-state index in [0.29, 0.717) is 23.1 Å². The predicted octanol–water partition coefficient (Wildman–Crippen LogP) is 2.91. The van der Waals surface area contributed by atoms with Gasteiger partial charge in [0.25, 0.3) is 0 Å². The van der Waals surface area contributed by atoms with Crippen LogP contribution in [0.25, 0.3) is 16.9 Å². The van der Waals surface area contributed by atoms with Crippen LogP contribution >= 0.6 is 0 Å². The van der Waals surface area contributed by atoms with Crippen LogP contribution in [0.1, 0.15) is 18.7 Å². The lowest BCUT2D eigenvalue weighted by Crippen LogP contribution is -2.17. The Balaban J connectivity index is 1.51. The molecule has 4 aromatic rings. The van der Waals surface area contributed by atoms with Crippen LogP contribution in [0, 0.1) is 0 Å². The monoisotopic (exact) mass is 432 g/mol. The number of aliphatic hydroxyl groups excluding tert-OH is 1. The van der Waals surface area contributed by atoms with Gasteiger partial charge in [0, 0.05) is 43.9 Å². The van der Waals surface area contributed by atoms with E-state index in [-0.39, 0.29) is 12.8 Å². The number of aliphatic hydroxyl groups is 1.